The Bertz CT molecular complexity index is 364. The van der Waals surface area contributed by atoms with E-state index in [1.54, 1.807) is 19.1 Å². The minimum Gasteiger partial charge on any atom is -0.508 e. The minimum absolute atomic E-state index is 0.0686. The van der Waals surface area contributed by atoms with Gasteiger partial charge in [-0.2, -0.15) is 0 Å². The maximum atomic E-state index is 11.6. The maximum Gasteiger partial charge on any atom is 0.251 e. The number of amides is 1. The highest BCUT2D eigenvalue weighted by molar-refractivity contribution is 5.94. The Morgan fingerprint density at radius 2 is 2.27 bits per heavy atom. The largest absolute Gasteiger partial charge is 0.508 e. The first-order valence-electron chi connectivity index (χ1n) is 4.85. The van der Waals surface area contributed by atoms with Crippen molar-refractivity contribution in [3.05, 3.63) is 29.3 Å². The number of benzene rings is 1. The Labute approximate surface area is 89.1 Å². The van der Waals surface area contributed by atoms with Gasteiger partial charge in [0.15, 0.2) is 0 Å². The van der Waals surface area contributed by atoms with Crippen LogP contribution in [0.2, 0.25) is 0 Å². The molecule has 0 spiro atoms. The third-order valence-corrected chi connectivity index (χ3v) is 2.20. The molecular formula is C11H16N2O2. The van der Waals surface area contributed by atoms with Crippen molar-refractivity contribution in [2.24, 2.45) is 5.73 Å². The fraction of sp³-hybridized carbons (Fsp3) is 0.364. The van der Waals surface area contributed by atoms with Crippen molar-refractivity contribution in [2.75, 3.05) is 6.54 Å². The molecule has 4 heteroatoms. The summed E-state index contributed by atoms with van der Waals surface area (Å²) in [7, 11) is 0. The Balaban J connectivity index is 2.78. The molecule has 1 rings (SSSR count). The molecule has 0 fully saturated rings. The Hall–Kier alpha value is -1.55. The smallest absolute Gasteiger partial charge is 0.251 e. The summed E-state index contributed by atoms with van der Waals surface area (Å²) in [5.74, 6) is -0.0914. The highest BCUT2D eigenvalue weighted by Gasteiger charge is 2.09. The zero-order valence-electron chi connectivity index (χ0n) is 8.95. The molecule has 0 aliphatic rings. The van der Waals surface area contributed by atoms with Gasteiger partial charge in [0, 0.05) is 18.2 Å². The minimum atomic E-state index is -0.219. The van der Waals surface area contributed by atoms with E-state index in [0.717, 1.165) is 5.56 Å². The average molecular weight is 208 g/mol. The molecule has 4 nitrogen and oxygen atoms in total. The number of phenols is 1. The molecule has 1 aromatic rings. The highest BCUT2D eigenvalue weighted by Crippen LogP contribution is 2.17. The van der Waals surface area contributed by atoms with Gasteiger partial charge < -0.3 is 16.2 Å². The zero-order chi connectivity index (χ0) is 11.4. The van der Waals surface area contributed by atoms with Gasteiger partial charge in [0.1, 0.15) is 5.75 Å². The lowest BCUT2D eigenvalue weighted by atomic mass is 10.1. The molecule has 0 aliphatic heterocycles. The predicted molar refractivity (Wildman–Crippen MR) is 58.8 cm³/mol. The van der Waals surface area contributed by atoms with E-state index in [1.807, 2.05) is 6.92 Å². The first kappa shape index (κ1) is 11.5. The highest BCUT2D eigenvalue weighted by atomic mass is 16.3. The second kappa shape index (κ2) is 4.79. The molecule has 0 radical (unpaired) electrons. The van der Waals surface area contributed by atoms with Gasteiger partial charge in [-0.25, -0.2) is 0 Å². The van der Waals surface area contributed by atoms with Gasteiger partial charge in [-0.3, -0.25) is 4.79 Å². The van der Waals surface area contributed by atoms with E-state index in [9.17, 15) is 9.90 Å². The Morgan fingerprint density at radius 1 is 1.60 bits per heavy atom. The maximum absolute atomic E-state index is 11.6. The van der Waals surface area contributed by atoms with Crippen LogP contribution in [0.5, 0.6) is 5.75 Å². The van der Waals surface area contributed by atoms with Crippen molar-refractivity contribution in [3.8, 4) is 5.75 Å². The van der Waals surface area contributed by atoms with Crippen LogP contribution in [0.3, 0.4) is 0 Å². The molecule has 1 unspecified atom stereocenters. The molecule has 0 bridgehead atoms. The van der Waals surface area contributed by atoms with Crippen molar-refractivity contribution in [3.63, 3.8) is 0 Å². The van der Waals surface area contributed by atoms with E-state index >= 15 is 0 Å². The molecule has 1 aromatic carbocycles. The molecule has 4 N–H and O–H groups in total. The SMILES string of the molecule is Cc1ccc(C(=O)NC(C)CN)cc1O. The van der Waals surface area contributed by atoms with Crippen LogP contribution < -0.4 is 11.1 Å². The summed E-state index contributed by atoms with van der Waals surface area (Å²) >= 11 is 0. The monoisotopic (exact) mass is 208 g/mol. The lowest BCUT2D eigenvalue weighted by Crippen LogP contribution is -2.37. The number of hydrogen-bond acceptors (Lipinski definition) is 3. The van der Waals surface area contributed by atoms with Gasteiger partial charge >= 0.3 is 0 Å². The number of aromatic hydroxyl groups is 1. The molecule has 0 heterocycles. The normalized spacial score (nSPS) is 12.2. The van der Waals surface area contributed by atoms with E-state index < -0.39 is 0 Å². The van der Waals surface area contributed by atoms with E-state index in [2.05, 4.69) is 5.32 Å². The Morgan fingerprint density at radius 3 is 2.80 bits per heavy atom. The summed E-state index contributed by atoms with van der Waals surface area (Å²) in [6.07, 6.45) is 0. The van der Waals surface area contributed by atoms with Crippen molar-refractivity contribution in [1.82, 2.24) is 5.32 Å². The van der Waals surface area contributed by atoms with Crippen LogP contribution in [0.15, 0.2) is 18.2 Å². The molecule has 82 valence electrons. The molecule has 0 saturated carbocycles. The fourth-order valence-corrected chi connectivity index (χ4v) is 1.12. The summed E-state index contributed by atoms with van der Waals surface area (Å²) in [5, 5.41) is 12.2. The van der Waals surface area contributed by atoms with Gasteiger partial charge in [0.05, 0.1) is 0 Å². The van der Waals surface area contributed by atoms with E-state index in [-0.39, 0.29) is 17.7 Å². The zero-order valence-corrected chi connectivity index (χ0v) is 8.95. The third-order valence-electron chi connectivity index (χ3n) is 2.20. The fourth-order valence-electron chi connectivity index (χ4n) is 1.12. The number of rotatable bonds is 3. The van der Waals surface area contributed by atoms with E-state index in [0.29, 0.717) is 12.1 Å². The summed E-state index contributed by atoms with van der Waals surface area (Å²) in [4.78, 5) is 11.6. The summed E-state index contributed by atoms with van der Waals surface area (Å²) < 4.78 is 0. The van der Waals surface area contributed by atoms with Crippen molar-refractivity contribution >= 4 is 5.91 Å². The molecule has 0 aromatic heterocycles. The molecular weight excluding hydrogens is 192 g/mol. The molecule has 0 aliphatic carbocycles. The number of carbonyl (C=O) groups is 1. The third kappa shape index (κ3) is 2.95. The molecule has 15 heavy (non-hydrogen) atoms. The molecule has 1 atom stereocenters. The number of nitrogens with one attached hydrogen (secondary N) is 1. The van der Waals surface area contributed by atoms with Crippen LogP contribution in [-0.4, -0.2) is 23.6 Å². The topological polar surface area (TPSA) is 75.4 Å². The first-order chi connectivity index (χ1) is 7.04. The average Bonchev–Trinajstić information content (AvgIpc) is 2.21. The van der Waals surface area contributed by atoms with Crippen molar-refractivity contribution in [1.29, 1.82) is 0 Å². The van der Waals surface area contributed by atoms with Gasteiger partial charge in [-0.05, 0) is 31.5 Å². The van der Waals surface area contributed by atoms with Crippen LogP contribution in [-0.2, 0) is 0 Å². The Kier molecular flexibility index (Phi) is 3.68. The van der Waals surface area contributed by atoms with Crippen molar-refractivity contribution in [2.45, 2.75) is 19.9 Å². The standard InChI is InChI=1S/C11H16N2O2/c1-7-3-4-9(5-10(7)14)11(15)13-8(2)6-12/h3-5,8,14H,6,12H2,1-2H3,(H,13,15). The van der Waals surface area contributed by atoms with Crippen LogP contribution in [0.4, 0.5) is 0 Å². The number of carbonyl (C=O) groups excluding carboxylic acids is 1. The van der Waals surface area contributed by atoms with Crippen LogP contribution in [0.1, 0.15) is 22.8 Å². The van der Waals surface area contributed by atoms with Gasteiger partial charge in [-0.1, -0.05) is 6.07 Å². The predicted octanol–water partition coefficient (Wildman–Crippen LogP) is 0.778. The summed E-state index contributed by atoms with van der Waals surface area (Å²) in [6, 6.07) is 4.76. The number of nitrogens with two attached hydrogens (primary N) is 1. The van der Waals surface area contributed by atoms with Gasteiger partial charge in [0.25, 0.3) is 5.91 Å². The lowest BCUT2D eigenvalue weighted by molar-refractivity contribution is 0.0941. The van der Waals surface area contributed by atoms with Crippen molar-refractivity contribution < 1.29 is 9.90 Å². The quantitative estimate of drug-likeness (QED) is 0.687. The van der Waals surface area contributed by atoms with Crippen LogP contribution >= 0.6 is 0 Å². The first-order valence-corrected chi connectivity index (χ1v) is 4.85. The summed E-state index contributed by atoms with van der Waals surface area (Å²) in [5.41, 5.74) is 6.58. The van der Waals surface area contributed by atoms with Crippen LogP contribution in [0.25, 0.3) is 0 Å². The molecule has 0 saturated heterocycles. The number of aryl methyl sites for hydroxylation is 1. The van der Waals surface area contributed by atoms with Crippen LogP contribution in [0, 0.1) is 6.92 Å². The van der Waals surface area contributed by atoms with Gasteiger partial charge in [-0.15, -0.1) is 0 Å². The number of hydrogen-bond donors (Lipinski definition) is 3. The second-order valence-electron chi connectivity index (χ2n) is 3.61. The van der Waals surface area contributed by atoms with E-state index in [1.165, 1.54) is 6.07 Å². The van der Waals surface area contributed by atoms with E-state index in [4.69, 9.17) is 5.73 Å². The summed E-state index contributed by atoms with van der Waals surface area (Å²) in [6.45, 7) is 4.00. The lowest BCUT2D eigenvalue weighted by Gasteiger charge is -2.11. The molecule has 1 amide bonds. The second-order valence-corrected chi connectivity index (χ2v) is 3.61. The number of phenolic OH excluding ortho intramolecular Hbond substituents is 1. The van der Waals surface area contributed by atoms with Gasteiger partial charge in [0.2, 0.25) is 0 Å².